The smallest absolute Gasteiger partial charge is 0.270 e. The zero-order valence-corrected chi connectivity index (χ0v) is 16.5. The van der Waals surface area contributed by atoms with E-state index < -0.39 is 4.92 Å². The van der Waals surface area contributed by atoms with Gasteiger partial charge in [0.05, 0.1) is 12.0 Å². The second kappa shape index (κ2) is 9.88. The lowest BCUT2D eigenvalue weighted by molar-refractivity contribution is -0.384. The first-order valence-electron chi connectivity index (χ1n) is 9.71. The van der Waals surface area contributed by atoms with Crippen LogP contribution in [0.15, 0.2) is 48.5 Å². The minimum absolute atomic E-state index is 0.0765. The summed E-state index contributed by atoms with van der Waals surface area (Å²) >= 11 is 0. The molecule has 0 bridgehead atoms. The second-order valence-electron chi connectivity index (χ2n) is 6.94. The maximum Gasteiger partial charge on any atom is 0.270 e. The van der Waals surface area contributed by atoms with E-state index in [1.807, 2.05) is 12.1 Å². The lowest BCUT2D eigenvalue weighted by Gasteiger charge is -2.36. The molecule has 0 atom stereocenters. The summed E-state index contributed by atoms with van der Waals surface area (Å²) < 4.78 is 5.20. The molecule has 8 nitrogen and oxygen atoms in total. The number of carbonyl (C=O) groups excluding carboxylic acids is 1. The number of hydrogen-bond donors (Lipinski definition) is 1. The minimum Gasteiger partial charge on any atom is -0.497 e. The Morgan fingerprint density at radius 3 is 2.52 bits per heavy atom. The predicted octanol–water partition coefficient (Wildman–Crippen LogP) is 2.55. The average molecular weight is 398 g/mol. The molecule has 0 saturated carbocycles. The fourth-order valence-corrected chi connectivity index (χ4v) is 3.39. The van der Waals surface area contributed by atoms with E-state index in [9.17, 15) is 14.9 Å². The van der Waals surface area contributed by atoms with Gasteiger partial charge in [-0.05, 0) is 43.3 Å². The van der Waals surface area contributed by atoms with Crippen LogP contribution in [0, 0.1) is 10.1 Å². The average Bonchev–Trinajstić information content (AvgIpc) is 2.77. The van der Waals surface area contributed by atoms with Gasteiger partial charge >= 0.3 is 0 Å². The number of hydrogen-bond acceptors (Lipinski definition) is 6. The Bertz CT molecular complexity index is 833. The molecule has 154 valence electrons. The summed E-state index contributed by atoms with van der Waals surface area (Å²) in [5.41, 5.74) is 1.44. The number of ether oxygens (including phenoxy) is 1. The number of non-ortho nitro benzene ring substituents is 1. The molecular weight excluding hydrogens is 372 g/mol. The molecule has 0 radical (unpaired) electrons. The maximum atomic E-state index is 12.2. The molecule has 1 N–H and O–H groups in total. The highest BCUT2D eigenvalue weighted by Crippen LogP contribution is 2.20. The fraction of sp³-hybridized carbons (Fsp3) is 0.381. The zero-order valence-electron chi connectivity index (χ0n) is 16.5. The van der Waals surface area contributed by atoms with E-state index in [2.05, 4.69) is 27.2 Å². The molecule has 1 aliphatic rings. The first-order valence-corrected chi connectivity index (χ1v) is 9.71. The number of nitro groups is 1. The molecule has 2 aromatic carbocycles. The van der Waals surface area contributed by atoms with Crippen molar-refractivity contribution in [3.05, 3.63) is 64.2 Å². The van der Waals surface area contributed by atoms with E-state index in [1.54, 1.807) is 13.2 Å². The number of nitrogens with one attached hydrogen (secondary N) is 1. The van der Waals surface area contributed by atoms with Crippen LogP contribution in [0.4, 0.5) is 11.4 Å². The SMILES string of the molecule is COc1ccc(N2CCN(CCCNC(=O)c3cccc([N+](=O)[O-])c3)CC2)cc1. The molecule has 3 rings (SSSR count). The van der Waals surface area contributed by atoms with Crippen molar-refractivity contribution in [3.63, 3.8) is 0 Å². The van der Waals surface area contributed by atoms with Crippen molar-refractivity contribution in [1.29, 1.82) is 0 Å². The monoisotopic (exact) mass is 398 g/mol. The molecular formula is C21H26N4O4. The first kappa shape index (κ1) is 20.6. The first-order chi connectivity index (χ1) is 14.1. The van der Waals surface area contributed by atoms with Crippen LogP contribution in [0.5, 0.6) is 5.75 Å². The molecule has 8 heteroatoms. The molecule has 1 aliphatic heterocycles. The van der Waals surface area contributed by atoms with Crippen molar-refractivity contribution in [2.75, 3.05) is 51.3 Å². The van der Waals surface area contributed by atoms with Gasteiger partial charge in [-0.15, -0.1) is 0 Å². The molecule has 29 heavy (non-hydrogen) atoms. The van der Waals surface area contributed by atoms with E-state index >= 15 is 0 Å². The Morgan fingerprint density at radius 1 is 1.14 bits per heavy atom. The Morgan fingerprint density at radius 2 is 1.86 bits per heavy atom. The van der Waals surface area contributed by atoms with Gasteiger partial charge < -0.3 is 15.0 Å². The topological polar surface area (TPSA) is 88.0 Å². The zero-order chi connectivity index (χ0) is 20.6. The lowest BCUT2D eigenvalue weighted by Crippen LogP contribution is -2.47. The molecule has 0 spiro atoms. The minimum atomic E-state index is -0.498. The van der Waals surface area contributed by atoms with Gasteiger partial charge in [-0.25, -0.2) is 0 Å². The summed E-state index contributed by atoms with van der Waals surface area (Å²) in [5.74, 6) is 0.581. The van der Waals surface area contributed by atoms with Crippen LogP contribution in [0.2, 0.25) is 0 Å². The summed E-state index contributed by atoms with van der Waals surface area (Å²) in [4.78, 5) is 27.2. The van der Waals surface area contributed by atoms with Crippen molar-refractivity contribution in [2.24, 2.45) is 0 Å². The van der Waals surface area contributed by atoms with Gasteiger partial charge in [-0.1, -0.05) is 6.07 Å². The van der Waals surface area contributed by atoms with Gasteiger partial charge in [-0.2, -0.15) is 0 Å². The van der Waals surface area contributed by atoms with Gasteiger partial charge in [0, 0.05) is 56.1 Å². The summed E-state index contributed by atoms with van der Waals surface area (Å²) in [6, 6.07) is 13.9. The van der Waals surface area contributed by atoms with Gasteiger partial charge in [-0.3, -0.25) is 19.8 Å². The van der Waals surface area contributed by atoms with E-state index in [0.29, 0.717) is 12.1 Å². The van der Waals surface area contributed by atoms with E-state index in [0.717, 1.165) is 44.9 Å². The third-order valence-corrected chi connectivity index (χ3v) is 5.07. The van der Waals surface area contributed by atoms with Crippen LogP contribution in [0.25, 0.3) is 0 Å². The number of nitro benzene ring substituents is 1. The molecule has 2 aromatic rings. The number of benzene rings is 2. The van der Waals surface area contributed by atoms with Crippen LogP contribution in [0.3, 0.4) is 0 Å². The molecule has 0 unspecified atom stereocenters. The quantitative estimate of drug-likeness (QED) is 0.418. The Hall–Kier alpha value is -3.13. The number of piperazine rings is 1. The van der Waals surface area contributed by atoms with Crippen molar-refractivity contribution in [2.45, 2.75) is 6.42 Å². The highest BCUT2D eigenvalue weighted by Gasteiger charge is 2.17. The van der Waals surface area contributed by atoms with Crippen LogP contribution >= 0.6 is 0 Å². The summed E-state index contributed by atoms with van der Waals surface area (Å²) in [5, 5.41) is 13.7. The van der Waals surface area contributed by atoms with Crippen molar-refractivity contribution < 1.29 is 14.5 Å². The highest BCUT2D eigenvalue weighted by atomic mass is 16.6. The van der Waals surface area contributed by atoms with Gasteiger partial charge in [0.25, 0.3) is 11.6 Å². The molecule has 1 heterocycles. The van der Waals surface area contributed by atoms with Gasteiger partial charge in [0.15, 0.2) is 0 Å². The van der Waals surface area contributed by atoms with Crippen LogP contribution in [-0.2, 0) is 0 Å². The van der Waals surface area contributed by atoms with Gasteiger partial charge in [0.1, 0.15) is 5.75 Å². The third kappa shape index (κ3) is 5.68. The van der Waals surface area contributed by atoms with E-state index in [4.69, 9.17) is 4.74 Å². The van der Waals surface area contributed by atoms with E-state index in [-0.39, 0.29) is 11.6 Å². The number of methoxy groups -OCH3 is 1. The molecule has 1 fully saturated rings. The number of carbonyl (C=O) groups is 1. The lowest BCUT2D eigenvalue weighted by atomic mass is 10.2. The normalized spacial score (nSPS) is 14.4. The van der Waals surface area contributed by atoms with Crippen LogP contribution in [0.1, 0.15) is 16.8 Å². The van der Waals surface area contributed by atoms with Crippen LogP contribution < -0.4 is 15.0 Å². The van der Waals surface area contributed by atoms with Gasteiger partial charge in [0.2, 0.25) is 0 Å². The number of anilines is 1. The predicted molar refractivity (Wildman–Crippen MR) is 112 cm³/mol. The highest BCUT2D eigenvalue weighted by molar-refractivity contribution is 5.94. The number of nitrogens with zero attached hydrogens (tertiary/aromatic N) is 3. The molecule has 0 aliphatic carbocycles. The number of amides is 1. The third-order valence-electron chi connectivity index (χ3n) is 5.07. The van der Waals surface area contributed by atoms with Crippen LogP contribution in [-0.4, -0.2) is 62.1 Å². The Labute approximate surface area is 170 Å². The largest absolute Gasteiger partial charge is 0.497 e. The fourth-order valence-electron chi connectivity index (χ4n) is 3.39. The Balaban J connectivity index is 1.37. The standard InChI is InChI=1S/C21H26N4O4/c1-29-20-8-6-18(7-9-20)24-14-12-23(13-15-24)11-3-10-22-21(26)17-4-2-5-19(16-17)25(27)28/h2,4-9,16H,3,10-15H2,1H3,(H,22,26). The van der Waals surface area contributed by atoms with Crippen molar-refractivity contribution in [1.82, 2.24) is 10.2 Å². The Kier molecular flexibility index (Phi) is 7.02. The molecule has 0 aromatic heterocycles. The molecule has 1 amide bonds. The maximum absolute atomic E-state index is 12.2. The summed E-state index contributed by atoms with van der Waals surface area (Å²) in [6.45, 7) is 5.33. The number of rotatable bonds is 8. The van der Waals surface area contributed by atoms with Crippen molar-refractivity contribution >= 4 is 17.3 Å². The molecule has 1 saturated heterocycles. The van der Waals surface area contributed by atoms with E-state index in [1.165, 1.54) is 23.9 Å². The summed E-state index contributed by atoms with van der Waals surface area (Å²) in [6.07, 6.45) is 0.837. The van der Waals surface area contributed by atoms with Crippen molar-refractivity contribution in [3.8, 4) is 5.75 Å². The summed E-state index contributed by atoms with van der Waals surface area (Å²) in [7, 11) is 1.67. The second-order valence-corrected chi connectivity index (χ2v) is 6.94.